The number of halogens is 1. The Morgan fingerprint density at radius 3 is 2.35 bits per heavy atom. The minimum absolute atomic E-state index is 0.0539. The lowest BCUT2D eigenvalue weighted by Crippen LogP contribution is -2.48. The van der Waals surface area contributed by atoms with Gasteiger partial charge < -0.3 is 14.2 Å². The minimum atomic E-state index is -0.250. The molecule has 5 aromatic rings. The molecule has 0 atom stereocenters. The van der Waals surface area contributed by atoms with Gasteiger partial charge in [0, 0.05) is 55.1 Å². The van der Waals surface area contributed by atoms with E-state index in [2.05, 4.69) is 4.90 Å². The number of benzene rings is 3. The Hall–Kier alpha value is -4.65. The average molecular weight is 493 g/mol. The molecule has 0 N–H and O–H groups in total. The molecule has 1 aliphatic rings. The number of para-hydroxylation sites is 2. The minimum Gasteiger partial charge on any atom is -0.454 e. The van der Waals surface area contributed by atoms with E-state index in [1.54, 1.807) is 22.9 Å². The lowest BCUT2D eigenvalue weighted by atomic mass is 10.1. The van der Waals surface area contributed by atoms with Gasteiger partial charge >= 0.3 is 0 Å². The summed E-state index contributed by atoms with van der Waals surface area (Å²) >= 11 is 0. The van der Waals surface area contributed by atoms with Crippen LogP contribution in [0.15, 0.2) is 102 Å². The van der Waals surface area contributed by atoms with Crippen LogP contribution in [0.4, 0.5) is 10.1 Å². The Morgan fingerprint density at radius 1 is 0.865 bits per heavy atom. The van der Waals surface area contributed by atoms with Crippen molar-refractivity contribution in [3.8, 4) is 17.1 Å². The molecular formula is C30H25FN4O2. The van der Waals surface area contributed by atoms with E-state index >= 15 is 0 Å². The van der Waals surface area contributed by atoms with E-state index in [0.717, 1.165) is 27.9 Å². The molecule has 0 saturated carbocycles. The van der Waals surface area contributed by atoms with Crippen LogP contribution in [0.1, 0.15) is 5.56 Å². The second-order valence-electron chi connectivity index (χ2n) is 8.98. The molecule has 2 aromatic heterocycles. The number of hydrogen-bond acceptors (Lipinski definition) is 4. The number of nitrogens with zero attached hydrogens (tertiary/aromatic N) is 4. The molecule has 0 bridgehead atoms. The SMILES string of the molecule is O=C(/C=C/c1cn(-c2ccccc2)nc1-c1cc2ccccc2o1)N1CCN(c2ccc(F)cc2)CC1. The van der Waals surface area contributed by atoms with Crippen molar-refractivity contribution in [2.75, 3.05) is 31.1 Å². The number of aromatic nitrogens is 2. The first kappa shape index (κ1) is 22.8. The van der Waals surface area contributed by atoms with Crippen LogP contribution in [0.25, 0.3) is 34.2 Å². The van der Waals surface area contributed by atoms with E-state index in [9.17, 15) is 9.18 Å². The number of furan rings is 1. The van der Waals surface area contributed by atoms with E-state index < -0.39 is 0 Å². The van der Waals surface area contributed by atoms with Gasteiger partial charge in [0.05, 0.1) is 5.69 Å². The maximum Gasteiger partial charge on any atom is 0.246 e. The Kier molecular flexibility index (Phi) is 6.02. The summed E-state index contributed by atoms with van der Waals surface area (Å²) < 4.78 is 21.1. The smallest absolute Gasteiger partial charge is 0.246 e. The van der Waals surface area contributed by atoms with Crippen LogP contribution >= 0.6 is 0 Å². The molecule has 0 radical (unpaired) electrons. The van der Waals surface area contributed by atoms with Gasteiger partial charge in [-0.2, -0.15) is 5.10 Å². The van der Waals surface area contributed by atoms with Gasteiger partial charge in [-0.05, 0) is 54.6 Å². The van der Waals surface area contributed by atoms with Gasteiger partial charge in [0.25, 0.3) is 0 Å². The normalized spacial score (nSPS) is 14.1. The Bertz CT molecular complexity index is 1530. The second kappa shape index (κ2) is 9.78. The molecule has 1 amide bonds. The molecule has 1 fully saturated rings. The summed E-state index contributed by atoms with van der Waals surface area (Å²) in [5.41, 5.74) is 4.14. The molecule has 6 rings (SSSR count). The summed E-state index contributed by atoms with van der Waals surface area (Å²) in [6.07, 6.45) is 5.32. The second-order valence-corrected chi connectivity index (χ2v) is 8.98. The van der Waals surface area contributed by atoms with E-state index in [4.69, 9.17) is 9.52 Å². The highest BCUT2D eigenvalue weighted by Crippen LogP contribution is 2.30. The van der Waals surface area contributed by atoms with Crippen molar-refractivity contribution >= 4 is 28.6 Å². The zero-order valence-electron chi connectivity index (χ0n) is 20.1. The molecule has 37 heavy (non-hydrogen) atoms. The summed E-state index contributed by atoms with van der Waals surface area (Å²) in [5, 5.41) is 5.80. The summed E-state index contributed by atoms with van der Waals surface area (Å²) in [7, 11) is 0. The lowest BCUT2D eigenvalue weighted by molar-refractivity contribution is -0.126. The number of amides is 1. The van der Waals surface area contributed by atoms with Crippen molar-refractivity contribution in [2.24, 2.45) is 0 Å². The van der Waals surface area contributed by atoms with Gasteiger partial charge in [0.2, 0.25) is 5.91 Å². The Balaban J connectivity index is 1.23. The van der Waals surface area contributed by atoms with Crippen LogP contribution in [0.3, 0.4) is 0 Å². The van der Waals surface area contributed by atoms with E-state index in [-0.39, 0.29) is 11.7 Å². The molecule has 0 unspecified atom stereocenters. The molecular weight excluding hydrogens is 467 g/mol. The van der Waals surface area contributed by atoms with Crippen LogP contribution in [0.2, 0.25) is 0 Å². The Labute approximate surface area is 213 Å². The topological polar surface area (TPSA) is 54.5 Å². The maximum atomic E-state index is 13.2. The number of fused-ring (bicyclic) bond motifs is 1. The van der Waals surface area contributed by atoms with Gasteiger partial charge in [-0.15, -0.1) is 0 Å². The third kappa shape index (κ3) is 4.76. The highest BCUT2D eigenvalue weighted by Gasteiger charge is 2.21. The third-order valence-electron chi connectivity index (χ3n) is 6.61. The number of carbonyl (C=O) groups excluding carboxylic acids is 1. The van der Waals surface area contributed by atoms with Crippen LogP contribution in [-0.4, -0.2) is 46.8 Å². The van der Waals surface area contributed by atoms with Crippen molar-refractivity contribution in [1.29, 1.82) is 0 Å². The third-order valence-corrected chi connectivity index (χ3v) is 6.61. The summed E-state index contributed by atoms with van der Waals surface area (Å²) in [5.74, 6) is 0.345. The summed E-state index contributed by atoms with van der Waals surface area (Å²) in [4.78, 5) is 17.0. The van der Waals surface area contributed by atoms with Gasteiger partial charge in [-0.3, -0.25) is 4.79 Å². The van der Waals surface area contributed by atoms with Crippen LogP contribution < -0.4 is 4.90 Å². The number of rotatable bonds is 5. The van der Waals surface area contributed by atoms with E-state index in [1.165, 1.54) is 12.1 Å². The van der Waals surface area contributed by atoms with Crippen molar-refractivity contribution in [1.82, 2.24) is 14.7 Å². The largest absolute Gasteiger partial charge is 0.454 e. The maximum absolute atomic E-state index is 13.2. The van der Waals surface area contributed by atoms with Gasteiger partial charge in [-0.25, -0.2) is 9.07 Å². The van der Waals surface area contributed by atoms with Crippen molar-refractivity contribution in [3.63, 3.8) is 0 Å². The fourth-order valence-corrected chi connectivity index (χ4v) is 4.62. The van der Waals surface area contributed by atoms with Crippen molar-refractivity contribution in [3.05, 3.63) is 109 Å². The van der Waals surface area contributed by atoms with Crippen LogP contribution in [-0.2, 0) is 4.79 Å². The fourth-order valence-electron chi connectivity index (χ4n) is 4.62. The predicted octanol–water partition coefficient (Wildman–Crippen LogP) is 5.79. The first-order valence-electron chi connectivity index (χ1n) is 12.3. The molecule has 1 aliphatic heterocycles. The van der Waals surface area contributed by atoms with Crippen molar-refractivity contribution < 1.29 is 13.6 Å². The van der Waals surface area contributed by atoms with E-state index in [1.807, 2.05) is 77.8 Å². The highest BCUT2D eigenvalue weighted by molar-refractivity contribution is 5.93. The standard InChI is InChI=1S/C30H25FN4O2/c31-24-11-13-25(14-12-24)33-16-18-34(19-17-33)29(36)15-10-23-21-35(26-7-2-1-3-8-26)32-30(23)28-20-22-6-4-5-9-27(22)37-28/h1-15,20-21H,16-19H2/b15-10+. The molecule has 3 aromatic carbocycles. The lowest BCUT2D eigenvalue weighted by Gasteiger charge is -2.35. The number of piperazine rings is 1. The quantitative estimate of drug-likeness (QED) is 0.292. The van der Waals surface area contributed by atoms with Gasteiger partial charge in [0.1, 0.15) is 17.1 Å². The average Bonchev–Trinajstić information content (AvgIpc) is 3.57. The van der Waals surface area contributed by atoms with Gasteiger partial charge in [0.15, 0.2) is 5.76 Å². The monoisotopic (exact) mass is 492 g/mol. The molecule has 6 nitrogen and oxygen atoms in total. The molecule has 1 saturated heterocycles. The first-order chi connectivity index (χ1) is 18.1. The van der Waals surface area contributed by atoms with E-state index in [0.29, 0.717) is 37.6 Å². The van der Waals surface area contributed by atoms with Crippen LogP contribution in [0.5, 0.6) is 0 Å². The Morgan fingerprint density at radius 2 is 1.59 bits per heavy atom. The summed E-state index contributed by atoms with van der Waals surface area (Å²) in [6.45, 7) is 2.59. The van der Waals surface area contributed by atoms with Gasteiger partial charge in [-0.1, -0.05) is 36.4 Å². The molecule has 0 spiro atoms. The molecule has 184 valence electrons. The first-order valence-corrected chi connectivity index (χ1v) is 12.3. The highest BCUT2D eigenvalue weighted by atomic mass is 19.1. The zero-order valence-corrected chi connectivity index (χ0v) is 20.1. The molecule has 3 heterocycles. The number of hydrogen-bond donors (Lipinski definition) is 0. The zero-order chi connectivity index (χ0) is 25.2. The molecule has 0 aliphatic carbocycles. The fraction of sp³-hybridized carbons (Fsp3) is 0.133. The van der Waals surface area contributed by atoms with Crippen LogP contribution in [0, 0.1) is 5.82 Å². The summed E-state index contributed by atoms with van der Waals surface area (Å²) in [6, 6.07) is 26.1. The van der Waals surface area contributed by atoms with Crippen molar-refractivity contribution in [2.45, 2.75) is 0 Å². The number of anilines is 1. The number of carbonyl (C=O) groups is 1. The molecule has 7 heteroatoms. The predicted molar refractivity (Wildman–Crippen MR) is 143 cm³/mol.